The van der Waals surface area contributed by atoms with Gasteiger partial charge in [-0.2, -0.15) is 14.8 Å². The second kappa shape index (κ2) is 7.94. The van der Waals surface area contributed by atoms with Gasteiger partial charge in [-0.15, -0.1) is 0 Å². The minimum Gasteiger partial charge on any atom is -0.340 e. The van der Waals surface area contributed by atoms with Gasteiger partial charge in [0.25, 0.3) is 11.5 Å². The van der Waals surface area contributed by atoms with Crippen molar-refractivity contribution in [2.75, 3.05) is 6.54 Å². The molecule has 0 bridgehead atoms. The van der Waals surface area contributed by atoms with Crippen LogP contribution in [0.4, 0.5) is 4.39 Å². The Balaban J connectivity index is 1.69. The summed E-state index contributed by atoms with van der Waals surface area (Å²) in [4.78, 5) is 31.5. The third-order valence-electron chi connectivity index (χ3n) is 4.95. The number of benzene rings is 1. The van der Waals surface area contributed by atoms with Crippen LogP contribution in [-0.2, 0) is 0 Å². The summed E-state index contributed by atoms with van der Waals surface area (Å²) in [6.07, 6.45) is 3.53. The fourth-order valence-electron chi connectivity index (χ4n) is 3.51. The van der Waals surface area contributed by atoms with Crippen molar-refractivity contribution < 1.29 is 13.7 Å². The first-order valence-corrected chi connectivity index (χ1v) is 9.50. The van der Waals surface area contributed by atoms with E-state index < -0.39 is 11.4 Å². The average molecular weight is 397 g/mol. The maximum absolute atomic E-state index is 13.3. The fourth-order valence-corrected chi connectivity index (χ4v) is 3.51. The maximum atomic E-state index is 13.3. The Morgan fingerprint density at radius 3 is 2.66 bits per heavy atom. The first kappa shape index (κ1) is 19.0. The van der Waals surface area contributed by atoms with E-state index >= 15 is 0 Å². The van der Waals surface area contributed by atoms with Crippen molar-refractivity contribution in [3.05, 3.63) is 70.0 Å². The number of nitrogens with zero attached hydrogens (tertiary/aromatic N) is 5. The van der Waals surface area contributed by atoms with Gasteiger partial charge in [-0.25, -0.2) is 4.39 Å². The van der Waals surface area contributed by atoms with Gasteiger partial charge >= 0.3 is 0 Å². The molecule has 9 heteroatoms. The van der Waals surface area contributed by atoms with E-state index in [1.807, 2.05) is 0 Å². The van der Waals surface area contributed by atoms with E-state index in [0.29, 0.717) is 23.9 Å². The minimum atomic E-state index is -0.420. The van der Waals surface area contributed by atoms with Gasteiger partial charge in [0.05, 0.1) is 11.7 Å². The van der Waals surface area contributed by atoms with E-state index in [-0.39, 0.29) is 17.6 Å². The lowest BCUT2D eigenvalue weighted by Gasteiger charge is -2.27. The van der Waals surface area contributed by atoms with Crippen LogP contribution in [0.1, 0.15) is 53.9 Å². The van der Waals surface area contributed by atoms with Crippen LogP contribution in [0.15, 0.2) is 45.7 Å². The quantitative estimate of drug-likeness (QED) is 0.675. The van der Waals surface area contributed by atoms with Gasteiger partial charge in [-0.1, -0.05) is 18.0 Å². The average Bonchev–Trinajstić information content (AvgIpc) is 3.00. The Bertz CT molecular complexity index is 1080. The zero-order valence-corrected chi connectivity index (χ0v) is 15.9. The predicted octanol–water partition coefficient (Wildman–Crippen LogP) is 2.82. The number of hydrogen-bond donors (Lipinski definition) is 0. The number of aromatic nitrogens is 4. The molecule has 1 fully saturated rings. The van der Waals surface area contributed by atoms with Crippen LogP contribution in [0.3, 0.4) is 0 Å². The van der Waals surface area contributed by atoms with Crippen LogP contribution < -0.4 is 5.56 Å². The van der Waals surface area contributed by atoms with Gasteiger partial charge in [0.15, 0.2) is 5.82 Å². The summed E-state index contributed by atoms with van der Waals surface area (Å²) in [5.74, 6) is 0.191. The number of aryl methyl sites for hydroxylation is 1. The van der Waals surface area contributed by atoms with Gasteiger partial charge in [0, 0.05) is 19.5 Å². The van der Waals surface area contributed by atoms with E-state index in [9.17, 15) is 14.0 Å². The number of carbonyl (C=O) groups excluding carboxylic acids is 1. The van der Waals surface area contributed by atoms with E-state index in [0.717, 1.165) is 30.4 Å². The molecule has 0 saturated carbocycles. The summed E-state index contributed by atoms with van der Waals surface area (Å²) in [6, 6.07) is 7.74. The maximum Gasteiger partial charge on any atom is 0.274 e. The SMILES string of the molecule is Cc1nc(C2CCCCCN2C(=O)c2ccc(=O)n(-c3ccc(F)cc3)n2)no1. The summed E-state index contributed by atoms with van der Waals surface area (Å²) in [5, 5.41) is 8.24. The molecular formula is C20H20FN5O3. The molecule has 0 radical (unpaired) electrons. The summed E-state index contributed by atoms with van der Waals surface area (Å²) in [6.45, 7) is 2.24. The van der Waals surface area contributed by atoms with Crippen molar-refractivity contribution in [3.8, 4) is 5.69 Å². The second-order valence-corrected chi connectivity index (χ2v) is 6.98. The highest BCUT2D eigenvalue weighted by Gasteiger charge is 2.31. The van der Waals surface area contributed by atoms with Gasteiger partial charge in [0.1, 0.15) is 11.5 Å². The number of hydrogen-bond acceptors (Lipinski definition) is 6. The Morgan fingerprint density at radius 1 is 1.14 bits per heavy atom. The molecular weight excluding hydrogens is 377 g/mol. The lowest BCUT2D eigenvalue weighted by molar-refractivity contribution is 0.0662. The third kappa shape index (κ3) is 3.94. The molecule has 1 amide bonds. The molecule has 4 rings (SSSR count). The minimum absolute atomic E-state index is 0.126. The topological polar surface area (TPSA) is 94.1 Å². The summed E-state index contributed by atoms with van der Waals surface area (Å²) in [7, 11) is 0. The standard InChI is InChI=1S/C20H20FN5O3/c1-13-22-19(24-29-13)17-5-3-2-4-12-25(17)20(28)16-10-11-18(27)26(23-16)15-8-6-14(21)7-9-15/h6-11,17H,2-5,12H2,1H3. The number of halogens is 1. The molecule has 1 aliphatic rings. The van der Waals surface area contributed by atoms with E-state index in [2.05, 4.69) is 15.2 Å². The van der Waals surface area contributed by atoms with Crippen LogP contribution >= 0.6 is 0 Å². The molecule has 0 spiro atoms. The Hall–Kier alpha value is -3.36. The predicted molar refractivity (Wildman–Crippen MR) is 101 cm³/mol. The molecule has 1 unspecified atom stereocenters. The monoisotopic (exact) mass is 397 g/mol. The Morgan fingerprint density at radius 2 is 1.93 bits per heavy atom. The molecule has 150 valence electrons. The molecule has 3 heterocycles. The zero-order chi connectivity index (χ0) is 20.4. The number of likely N-dealkylation sites (tertiary alicyclic amines) is 1. The van der Waals surface area contributed by atoms with Crippen LogP contribution in [0.5, 0.6) is 0 Å². The van der Waals surface area contributed by atoms with Crippen molar-refractivity contribution in [1.29, 1.82) is 0 Å². The first-order valence-electron chi connectivity index (χ1n) is 9.50. The second-order valence-electron chi connectivity index (χ2n) is 6.98. The van der Waals surface area contributed by atoms with Crippen LogP contribution in [0, 0.1) is 12.7 Å². The first-order chi connectivity index (χ1) is 14.0. The molecule has 2 aromatic heterocycles. The van der Waals surface area contributed by atoms with Crippen LogP contribution in [0.2, 0.25) is 0 Å². The summed E-state index contributed by atoms with van der Waals surface area (Å²) < 4.78 is 19.4. The Kier molecular flexibility index (Phi) is 5.20. The fraction of sp³-hybridized carbons (Fsp3) is 0.350. The highest BCUT2D eigenvalue weighted by atomic mass is 19.1. The van der Waals surface area contributed by atoms with E-state index in [1.54, 1.807) is 11.8 Å². The van der Waals surface area contributed by atoms with Crippen LogP contribution in [0.25, 0.3) is 5.69 Å². The van der Waals surface area contributed by atoms with Crippen molar-refractivity contribution >= 4 is 5.91 Å². The highest BCUT2D eigenvalue weighted by Crippen LogP contribution is 2.29. The third-order valence-corrected chi connectivity index (χ3v) is 4.95. The van der Waals surface area contributed by atoms with Gasteiger partial charge < -0.3 is 9.42 Å². The van der Waals surface area contributed by atoms with Gasteiger partial charge in [-0.3, -0.25) is 9.59 Å². The highest BCUT2D eigenvalue weighted by molar-refractivity contribution is 5.92. The van der Waals surface area contributed by atoms with E-state index in [4.69, 9.17) is 4.52 Å². The van der Waals surface area contributed by atoms with Crippen molar-refractivity contribution in [3.63, 3.8) is 0 Å². The number of carbonyl (C=O) groups is 1. The van der Waals surface area contributed by atoms with Crippen molar-refractivity contribution in [2.45, 2.75) is 38.6 Å². The molecule has 3 aromatic rings. The molecule has 0 aliphatic carbocycles. The largest absolute Gasteiger partial charge is 0.340 e. The van der Waals surface area contributed by atoms with Crippen LogP contribution in [-0.4, -0.2) is 37.3 Å². The lowest BCUT2D eigenvalue weighted by atomic mass is 10.1. The van der Waals surface area contributed by atoms with E-state index in [1.165, 1.54) is 36.4 Å². The normalized spacial score (nSPS) is 17.2. The summed E-state index contributed by atoms with van der Waals surface area (Å²) in [5.41, 5.74) is 0.0997. The number of amides is 1. The molecule has 1 aliphatic heterocycles. The smallest absolute Gasteiger partial charge is 0.274 e. The molecule has 1 aromatic carbocycles. The molecule has 0 N–H and O–H groups in total. The van der Waals surface area contributed by atoms with Crippen molar-refractivity contribution in [2.24, 2.45) is 0 Å². The Labute approximate surface area is 166 Å². The van der Waals surface area contributed by atoms with Gasteiger partial charge in [0.2, 0.25) is 5.89 Å². The summed E-state index contributed by atoms with van der Waals surface area (Å²) >= 11 is 0. The van der Waals surface area contributed by atoms with Crippen molar-refractivity contribution in [1.82, 2.24) is 24.8 Å². The molecule has 1 saturated heterocycles. The zero-order valence-electron chi connectivity index (χ0n) is 15.9. The molecule has 1 atom stereocenters. The molecule has 29 heavy (non-hydrogen) atoms. The number of rotatable bonds is 3. The van der Waals surface area contributed by atoms with Gasteiger partial charge in [-0.05, 0) is 43.2 Å². The molecule has 8 nitrogen and oxygen atoms in total. The lowest BCUT2D eigenvalue weighted by Crippen LogP contribution is -2.37.